The topological polar surface area (TPSA) is 17.1 Å². The highest BCUT2D eigenvalue weighted by Crippen LogP contribution is 2.44. The van der Waals surface area contributed by atoms with Gasteiger partial charge >= 0.3 is 0 Å². The molecule has 1 nitrogen and oxygen atoms in total. The molecule has 0 aromatic heterocycles. The summed E-state index contributed by atoms with van der Waals surface area (Å²) >= 11 is 0. The van der Waals surface area contributed by atoms with Crippen LogP contribution in [0.3, 0.4) is 0 Å². The van der Waals surface area contributed by atoms with Gasteiger partial charge in [-0.3, -0.25) is 0 Å². The van der Waals surface area contributed by atoms with Crippen LogP contribution in [0.1, 0.15) is 69.3 Å². The molecule has 2 saturated carbocycles. The number of benzene rings is 1. The van der Waals surface area contributed by atoms with Crippen molar-refractivity contribution >= 4 is 6.29 Å². The van der Waals surface area contributed by atoms with Gasteiger partial charge in [-0.15, -0.1) is 0 Å². The van der Waals surface area contributed by atoms with Crippen LogP contribution < -0.4 is 0 Å². The van der Waals surface area contributed by atoms with E-state index in [1.165, 1.54) is 56.9 Å². The zero-order valence-corrected chi connectivity index (χ0v) is 13.3. The molecular weight excluding hydrogens is 275 g/mol. The van der Waals surface area contributed by atoms with Crippen LogP contribution in [0, 0.1) is 23.6 Å². The molecule has 120 valence electrons. The first-order chi connectivity index (χ1) is 10.8. The summed E-state index contributed by atoms with van der Waals surface area (Å²) in [5.41, 5.74) is 1.31. The summed E-state index contributed by atoms with van der Waals surface area (Å²) in [6, 6.07) is 7.11. The van der Waals surface area contributed by atoms with Crippen LogP contribution in [0.4, 0.5) is 4.39 Å². The third-order valence-corrected chi connectivity index (χ3v) is 6.10. The molecule has 0 spiro atoms. The summed E-state index contributed by atoms with van der Waals surface area (Å²) in [6.07, 6.45) is 12.2. The molecule has 0 N–H and O–H groups in total. The van der Waals surface area contributed by atoms with Gasteiger partial charge in [0.1, 0.15) is 12.1 Å². The van der Waals surface area contributed by atoms with Crippen LogP contribution in [-0.4, -0.2) is 6.29 Å². The third kappa shape index (κ3) is 3.77. The summed E-state index contributed by atoms with van der Waals surface area (Å²) in [7, 11) is 0. The standard InChI is InChI=1S/C20H27FO/c21-20-11-9-19(10-12-20)18-7-5-17(6-8-18)16-3-1-15(2-4-16)13-14-22/h9-12,14-18H,1-8,13H2. The predicted molar refractivity (Wildman–Crippen MR) is 87.2 cm³/mol. The lowest BCUT2D eigenvalue weighted by Crippen LogP contribution is -2.25. The quantitative estimate of drug-likeness (QED) is 0.672. The highest BCUT2D eigenvalue weighted by atomic mass is 19.1. The Bertz CT molecular complexity index is 465. The monoisotopic (exact) mass is 302 g/mol. The first-order valence-corrected chi connectivity index (χ1v) is 8.95. The molecule has 0 saturated heterocycles. The van der Waals surface area contributed by atoms with E-state index in [0.717, 1.165) is 24.5 Å². The Balaban J connectivity index is 1.48. The van der Waals surface area contributed by atoms with Crippen LogP contribution in [-0.2, 0) is 4.79 Å². The summed E-state index contributed by atoms with van der Waals surface area (Å²) in [6.45, 7) is 0. The molecule has 22 heavy (non-hydrogen) atoms. The number of hydrogen-bond donors (Lipinski definition) is 0. The van der Waals surface area contributed by atoms with Crippen molar-refractivity contribution in [3.05, 3.63) is 35.6 Å². The van der Waals surface area contributed by atoms with Gasteiger partial charge in [-0.25, -0.2) is 4.39 Å². The van der Waals surface area contributed by atoms with Gasteiger partial charge in [0.05, 0.1) is 0 Å². The molecule has 3 rings (SSSR count). The van der Waals surface area contributed by atoms with Crippen LogP contribution >= 0.6 is 0 Å². The fourth-order valence-corrected chi connectivity index (χ4v) is 4.69. The Morgan fingerprint density at radius 2 is 1.41 bits per heavy atom. The van der Waals surface area contributed by atoms with Gasteiger partial charge in [0.15, 0.2) is 0 Å². The maximum atomic E-state index is 13.0. The van der Waals surface area contributed by atoms with Crippen molar-refractivity contribution in [2.75, 3.05) is 0 Å². The molecule has 0 unspecified atom stereocenters. The predicted octanol–water partition coefficient (Wildman–Crippen LogP) is 5.49. The van der Waals surface area contributed by atoms with E-state index in [1.807, 2.05) is 12.1 Å². The lowest BCUT2D eigenvalue weighted by molar-refractivity contribution is -0.108. The zero-order chi connectivity index (χ0) is 15.4. The van der Waals surface area contributed by atoms with E-state index in [-0.39, 0.29) is 5.82 Å². The van der Waals surface area contributed by atoms with Gasteiger partial charge in [0.25, 0.3) is 0 Å². The van der Waals surface area contributed by atoms with E-state index in [1.54, 1.807) is 12.1 Å². The van der Waals surface area contributed by atoms with Crippen molar-refractivity contribution in [1.82, 2.24) is 0 Å². The molecule has 0 heterocycles. The van der Waals surface area contributed by atoms with Crippen LogP contribution in [0.5, 0.6) is 0 Å². The number of carbonyl (C=O) groups excluding carboxylic acids is 1. The molecule has 0 bridgehead atoms. The highest BCUT2D eigenvalue weighted by Gasteiger charge is 2.31. The normalized spacial score (nSPS) is 32.6. The lowest BCUT2D eigenvalue weighted by Gasteiger charge is -2.37. The molecule has 1 aromatic carbocycles. The fraction of sp³-hybridized carbons (Fsp3) is 0.650. The summed E-state index contributed by atoms with van der Waals surface area (Å²) < 4.78 is 13.0. The molecule has 2 aliphatic carbocycles. The van der Waals surface area contributed by atoms with Gasteiger partial charge in [-0.05, 0) is 92.7 Å². The zero-order valence-electron chi connectivity index (χ0n) is 13.3. The highest BCUT2D eigenvalue weighted by molar-refractivity contribution is 5.49. The van der Waals surface area contributed by atoms with Crippen molar-refractivity contribution in [2.45, 2.75) is 63.7 Å². The van der Waals surface area contributed by atoms with Gasteiger partial charge in [-0.1, -0.05) is 12.1 Å². The van der Waals surface area contributed by atoms with E-state index in [0.29, 0.717) is 11.8 Å². The van der Waals surface area contributed by atoms with Crippen molar-refractivity contribution in [3.8, 4) is 0 Å². The van der Waals surface area contributed by atoms with Gasteiger partial charge in [-0.2, -0.15) is 0 Å². The second kappa shape index (κ2) is 7.39. The first kappa shape index (κ1) is 15.7. The molecule has 2 heteroatoms. The minimum atomic E-state index is -0.135. The first-order valence-electron chi connectivity index (χ1n) is 8.95. The number of hydrogen-bond acceptors (Lipinski definition) is 1. The largest absolute Gasteiger partial charge is 0.303 e. The van der Waals surface area contributed by atoms with Crippen molar-refractivity contribution < 1.29 is 9.18 Å². The molecule has 1 aromatic rings. The maximum absolute atomic E-state index is 13.0. The van der Waals surface area contributed by atoms with Crippen LogP contribution in [0.25, 0.3) is 0 Å². The second-order valence-electron chi connectivity index (χ2n) is 7.35. The number of carbonyl (C=O) groups is 1. The fourth-order valence-electron chi connectivity index (χ4n) is 4.69. The average Bonchev–Trinajstić information content (AvgIpc) is 2.57. The smallest absolute Gasteiger partial charge is 0.123 e. The summed E-state index contributed by atoms with van der Waals surface area (Å²) in [4.78, 5) is 10.6. The van der Waals surface area contributed by atoms with Gasteiger partial charge < -0.3 is 4.79 Å². The van der Waals surface area contributed by atoms with E-state index < -0.39 is 0 Å². The number of aldehydes is 1. The molecule has 0 amide bonds. The Morgan fingerprint density at radius 1 is 0.864 bits per heavy atom. The number of halogens is 1. The van der Waals surface area contributed by atoms with Crippen molar-refractivity contribution in [2.24, 2.45) is 17.8 Å². The molecule has 0 atom stereocenters. The van der Waals surface area contributed by atoms with Gasteiger partial charge in [0.2, 0.25) is 0 Å². The molecule has 2 fully saturated rings. The maximum Gasteiger partial charge on any atom is 0.123 e. The Labute approximate surface area is 133 Å². The van der Waals surface area contributed by atoms with E-state index in [9.17, 15) is 9.18 Å². The van der Waals surface area contributed by atoms with E-state index in [2.05, 4.69) is 0 Å². The van der Waals surface area contributed by atoms with Gasteiger partial charge in [0, 0.05) is 6.42 Å². The van der Waals surface area contributed by atoms with Crippen molar-refractivity contribution in [1.29, 1.82) is 0 Å². The van der Waals surface area contributed by atoms with E-state index in [4.69, 9.17) is 0 Å². The second-order valence-corrected chi connectivity index (χ2v) is 7.35. The number of rotatable bonds is 4. The minimum absolute atomic E-state index is 0.135. The average molecular weight is 302 g/mol. The Hall–Kier alpha value is -1.18. The van der Waals surface area contributed by atoms with Crippen molar-refractivity contribution in [3.63, 3.8) is 0 Å². The molecule has 0 radical (unpaired) electrons. The van der Waals surface area contributed by atoms with Crippen LogP contribution in [0.2, 0.25) is 0 Å². The molecule has 2 aliphatic rings. The molecule has 0 aliphatic heterocycles. The third-order valence-electron chi connectivity index (χ3n) is 6.10. The lowest BCUT2D eigenvalue weighted by atomic mass is 9.68. The summed E-state index contributed by atoms with van der Waals surface area (Å²) in [5, 5.41) is 0. The Kier molecular flexibility index (Phi) is 5.28. The Morgan fingerprint density at radius 3 is 1.95 bits per heavy atom. The van der Waals surface area contributed by atoms with Crippen LogP contribution in [0.15, 0.2) is 24.3 Å². The SMILES string of the molecule is O=CCC1CCC(C2CCC(c3ccc(F)cc3)CC2)CC1. The van der Waals surface area contributed by atoms with E-state index >= 15 is 0 Å². The summed E-state index contributed by atoms with van der Waals surface area (Å²) in [5.74, 6) is 2.92. The minimum Gasteiger partial charge on any atom is -0.303 e. The molecular formula is C20H27FO.